The summed E-state index contributed by atoms with van der Waals surface area (Å²) in [5.74, 6) is 0.369. The number of carbonyl (C=O) groups excluding carboxylic acids is 1. The van der Waals surface area contributed by atoms with Crippen LogP contribution in [-0.2, 0) is 0 Å². The lowest BCUT2D eigenvalue weighted by molar-refractivity contribution is 0.0709. The summed E-state index contributed by atoms with van der Waals surface area (Å²) in [5, 5.41) is 0. The summed E-state index contributed by atoms with van der Waals surface area (Å²) >= 11 is 0. The maximum atomic E-state index is 11.9. The first-order valence-corrected chi connectivity index (χ1v) is 4.87. The molecule has 1 aromatic heterocycles. The standard InChI is InChI=1S/C10H14N2O2/c11-7-8-3-1-5-12(8)10(13)9-4-2-6-14-9/h2,4,6,8H,1,3,5,7,11H2/t8-/m0/s1. The van der Waals surface area contributed by atoms with E-state index in [1.807, 2.05) is 0 Å². The van der Waals surface area contributed by atoms with E-state index in [1.165, 1.54) is 6.26 Å². The summed E-state index contributed by atoms with van der Waals surface area (Å²) in [7, 11) is 0. The van der Waals surface area contributed by atoms with Gasteiger partial charge in [0.15, 0.2) is 5.76 Å². The fraction of sp³-hybridized carbons (Fsp3) is 0.500. The Kier molecular flexibility index (Phi) is 2.54. The molecular weight excluding hydrogens is 180 g/mol. The van der Waals surface area contributed by atoms with Gasteiger partial charge >= 0.3 is 0 Å². The van der Waals surface area contributed by atoms with Crippen molar-refractivity contribution in [2.24, 2.45) is 5.73 Å². The summed E-state index contributed by atoms with van der Waals surface area (Å²) in [6.07, 6.45) is 3.55. The highest BCUT2D eigenvalue weighted by Gasteiger charge is 2.29. The third kappa shape index (κ3) is 1.53. The molecule has 14 heavy (non-hydrogen) atoms. The van der Waals surface area contributed by atoms with E-state index in [0.717, 1.165) is 19.4 Å². The number of hydrogen-bond acceptors (Lipinski definition) is 3. The van der Waals surface area contributed by atoms with Crippen molar-refractivity contribution in [3.8, 4) is 0 Å². The number of nitrogens with two attached hydrogens (primary N) is 1. The zero-order valence-corrected chi connectivity index (χ0v) is 7.98. The van der Waals surface area contributed by atoms with Gasteiger partial charge in [-0.1, -0.05) is 0 Å². The van der Waals surface area contributed by atoms with Crippen LogP contribution in [0.4, 0.5) is 0 Å². The van der Waals surface area contributed by atoms with Gasteiger partial charge in [-0.15, -0.1) is 0 Å². The van der Waals surface area contributed by atoms with Crippen LogP contribution < -0.4 is 5.73 Å². The molecule has 0 bridgehead atoms. The molecule has 2 heterocycles. The van der Waals surface area contributed by atoms with E-state index in [-0.39, 0.29) is 11.9 Å². The van der Waals surface area contributed by atoms with Gasteiger partial charge in [0.25, 0.3) is 5.91 Å². The van der Waals surface area contributed by atoms with Gasteiger partial charge in [0.1, 0.15) is 0 Å². The Labute approximate surface area is 82.7 Å². The quantitative estimate of drug-likeness (QED) is 0.759. The van der Waals surface area contributed by atoms with Crippen molar-refractivity contribution in [2.45, 2.75) is 18.9 Å². The number of carbonyl (C=O) groups is 1. The summed E-state index contributed by atoms with van der Waals surface area (Å²) < 4.78 is 5.07. The highest BCUT2D eigenvalue weighted by molar-refractivity contribution is 5.91. The molecule has 1 aromatic rings. The van der Waals surface area contributed by atoms with Crippen LogP contribution in [-0.4, -0.2) is 29.9 Å². The van der Waals surface area contributed by atoms with Crippen LogP contribution in [0, 0.1) is 0 Å². The molecule has 0 radical (unpaired) electrons. The van der Waals surface area contributed by atoms with Crippen molar-refractivity contribution in [3.05, 3.63) is 24.2 Å². The van der Waals surface area contributed by atoms with Crippen molar-refractivity contribution in [1.29, 1.82) is 0 Å². The normalized spacial score (nSPS) is 21.5. The number of rotatable bonds is 2. The lowest BCUT2D eigenvalue weighted by Gasteiger charge is -2.22. The number of amides is 1. The lowest BCUT2D eigenvalue weighted by Crippen LogP contribution is -2.39. The monoisotopic (exact) mass is 194 g/mol. The second-order valence-corrected chi connectivity index (χ2v) is 3.51. The largest absolute Gasteiger partial charge is 0.459 e. The fourth-order valence-corrected chi connectivity index (χ4v) is 1.89. The average molecular weight is 194 g/mol. The number of likely N-dealkylation sites (tertiary alicyclic amines) is 1. The summed E-state index contributed by atoms with van der Waals surface area (Å²) in [6.45, 7) is 1.33. The summed E-state index contributed by atoms with van der Waals surface area (Å²) in [4.78, 5) is 13.7. The molecule has 0 unspecified atom stereocenters. The Bertz CT molecular complexity index is 308. The molecule has 1 amide bonds. The molecule has 1 fully saturated rings. The van der Waals surface area contributed by atoms with Crippen LogP contribution in [0.3, 0.4) is 0 Å². The number of furan rings is 1. The molecule has 4 nitrogen and oxygen atoms in total. The van der Waals surface area contributed by atoms with Crippen LogP contribution in [0.1, 0.15) is 23.4 Å². The first kappa shape index (κ1) is 9.27. The average Bonchev–Trinajstić information content (AvgIpc) is 2.87. The Balaban J connectivity index is 2.11. The van der Waals surface area contributed by atoms with Crippen LogP contribution >= 0.6 is 0 Å². The molecule has 1 aliphatic rings. The summed E-state index contributed by atoms with van der Waals surface area (Å²) in [5.41, 5.74) is 5.59. The molecule has 76 valence electrons. The van der Waals surface area contributed by atoms with Gasteiger partial charge in [-0.05, 0) is 25.0 Å². The Morgan fingerprint density at radius 1 is 1.71 bits per heavy atom. The highest BCUT2D eigenvalue weighted by Crippen LogP contribution is 2.19. The van der Waals surface area contributed by atoms with Crippen LogP contribution in [0.25, 0.3) is 0 Å². The first-order valence-electron chi connectivity index (χ1n) is 4.87. The third-order valence-electron chi connectivity index (χ3n) is 2.64. The molecule has 4 heteroatoms. The van der Waals surface area contributed by atoms with Gasteiger partial charge in [0.2, 0.25) is 0 Å². The van der Waals surface area contributed by atoms with Gasteiger partial charge in [0.05, 0.1) is 6.26 Å². The van der Waals surface area contributed by atoms with E-state index >= 15 is 0 Å². The maximum Gasteiger partial charge on any atom is 0.289 e. The van der Waals surface area contributed by atoms with Gasteiger partial charge in [-0.3, -0.25) is 4.79 Å². The molecule has 0 spiro atoms. The summed E-state index contributed by atoms with van der Waals surface area (Å²) in [6, 6.07) is 3.60. The minimum absolute atomic E-state index is 0.0389. The second kappa shape index (κ2) is 3.84. The van der Waals surface area contributed by atoms with E-state index < -0.39 is 0 Å². The van der Waals surface area contributed by atoms with Crippen LogP contribution in [0.5, 0.6) is 0 Å². The van der Waals surface area contributed by atoms with Gasteiger partial charge in [0, 0.05) is 19.1 Å². The minimum atomic E-state index is -0.0389. The van der Waals surface area contributed by atoms with E-state index in [2.05, 4.69) is 0 Å². The third-order valence-corrected chi connectivity index (χ3v) is 2.64. The minimum Gasteiger partial charge on any atom is -0.459 e. The smallest absolute Gasteiger partial charge is 0.289 e. The lowest BCUT2D eigenvalue weighted by atomic mass is 10.2. The topological polar surface area (TPSA) is 59.5 Å². The number of nitrogens with zero attached hydrogens (tertiary/aromatic N) is 1. The molecule has 2 N–H and O–H groups in total. The van der Waals surface area contributed by atoms with E-state index in [9.17, 15) is 4.79 Å². The Morgan fingerprint density at radius 3 is 3.21 bits per heavy atom. The Hall–Kier alpha value is -1.29. The fourth-order valence-electron chi connectivity index (χ4n) is 1.89. The van der Waals surface area contributed by atoms with Gasteiger partial charge < -0.3 is 15.1 Å². The van der Waals surface area contributed by atoms with Gasteiger partial charge in [-0.2, -0.15) is 0 Å². The van der Waals surface area contributed by atoms with E-state index in [1.54, 1.807) is 17.0 Å². The van der Waals surface area contributed by atoms with Crippen LogP contribution in [0.15, 0.2) is 22.8 Å². The van der Waals surface area contributed by atoms with Crippen molar-refractivity contribution < 1.29 is 9.21 Å². The zero-order valence-electron chi connectivity index (χ0n) is 7.98. The van der Waals surface area contributed by atoms with E-state index in [4.69, 9.17) is 10.2 Å². The molecule has 0 aromatic carbocycles. The Morgan fingerprint density at radius 2 is 2.57 bits per heavy atom. The molecule has 0 saturated carbocycles. The molecule has 1 atom stereocenters. The van der Waals surface area contributed by atoms with Crippen molar-refractivity contribution in [3.63, 3.8) is 0 Å². The molecule has 0 aliphatic carbocycles. The first-order chi connectivity index (χ1) is 6.83. The molecule has 1 aliphatic heterocycles. The van der Waals surface area contributed by atoms with Crippen molar-refractivity contribution in [1.82, 2.24) is 4.90 Å². The maximum absolute atomic E-state index is 11.9. The van der Waals surface area contributed by atoms with Crippen LogP contribution in [0.2, 0.25) is 0 Å². The molecular formula is C10H14N2O2. The van der Waals surface area contributed by atoms with E-state index in [0.29, 0.717) is 12.3 Å². The molecule has 2 rings (SSSR count). The molecule has 1 saturated heterocycles. The SMILES string of the molecule is NC[C@@H]1CCCN1C(=O)c1ccco1. The highest BCUT2D eigenvalue weighted by atomic mass is 16.3. The number of hydrogen-bond donors (Lipinski definition) is 1. The van der Waals surface area contributed by atoms with Crippen molar-refractivity contribution in [2.75, 3.05) is 13.1 Å². The predicted octanol–water partition coefficient (Wildman–Crippen LogP) is 0.843. The zero-order chi connectivity index (χ0) is 9.97. The second-order valence-electron chi connectivity index (χ2n) is 3.51. The van der Waals surface area contributed by atoms with Gasteiger partial charge in [-0.25, -0.2) is 0 Å². The van der Waals surface area contributed by atoms with Crippen molar-refractivity contribution >= 4 is 5.91 Å². The predicted molar refractivity (Wildman–Crippen MR) is 51.8 cm³/mol.